The van der Waals surface area contributed by atoms with Crippen molar-refractivity contribution >= 4 is 11.6 Å². The number of halogens is 3. The fraction of sp³-hybridized carbons (Fsp3) is 0.250. The number of rotatable bonds is 5. The zero-order valence-corrected chi connectivity index (χ0v) is 12.8. The third-order valence-electron chi connectivity index (χ3n) is 3.15. The molecule has 1 aromatic carbocycles. The Balaban J connectivity index is 2.12. The SMILES string of the molecule is COCc1cccc(NC(=O)Cn2cc(C(F)(F)F)ccc2=O)c1. The second-order valence-corrected chi connectivity index (χ2v) is 5.06. The lowest BCUT2D eigenvalue weighted by Crippen LogP contribution is -2.28. The van der Waals surface area contributed by atoms with E-state index in [2.05, 4.69) is 5.32 Å². The quantitative estimate of drug-likeness (QED) is 0.910. The normalized spacial score (nSPS) is 11.3. The van der Waals surface area contributed by atoms with E-state index >= 15 is 0 Å². The maximum Gasteiger partial charge on any atom is 0.417 e. The number of anilines is 1. The average molecular weight is 340 g/mol. The minimum atomic E-state index is -4.58. The van der Waals surface area contributed by atoms with Gasteiger partial charge in [-0.1, -0.05) is 12.1 Å². The second kappa shape index (κ2) is 7.31. The Morgan fingerprint density at radius 3 is 2.67 bits per heavy atom. The lowest BCUT2D eigenvalue weighted by atomic mass is 10.2. The van der Waals surface area contributed by atoms with Crippen molar-refractivity contribution in [2.75, 3.05) is 12.4 Å². The molecule has 8 heteroatoms. The van der Waals surface area contributed by atoms with Gasteiger partial charge < -0.3 is 14.6 Å². The van der Waals surface area contributed by atoms with Gasteiger partial charge >= 0.3 is 6.18 Å². The van der Waals surface area contributed by atoms with E-state index in [-0.39, 0.29) is 0 Å². The molecular formula is C16H15F3N2O3. The summed E-state index contributed by atoms with van der Waals surface area (Å²) in [6.07, 6.45) is -3.95. The molecule has 0 radical (unpaired) electrons. The molecule has 24 heavy (non-hydrogen) atoms. The summed E-state index contributed by atoms with van der Waals surface area (Å²) in [5, 5.41) is 2.54. The number of benzene rings is 1. The van der Waals surface area contributed by atoms with Gasteiger partial charge in [0.05, 0.1) is 12.2 Å². The molecule has 0 fully saturated rings. The largest absolute Gasteiger partial charge is 0.417 e. The molecule has 1 amide bonds. The number of nitrogens with one attached hydrogen (secondary N) is 1. The molecule has 0 atom stereocenters. The standard InChI is InChI=1S/C16H15F3N2O3/c1-24-10-11-3-2-4-13(7-11)20-14(22)9-21-8-12(16(17,18)19)5-6-15(21)23/h2-8H,9-10H2,1H3,(H,20,22). The summed E-state index contributed by atoms with van der Waals surface area (Å²) >= 11 is 0. The van der Waals surface area contributed by atoms with Gasteiger partial charge in [0.1, 0.15) is 6.54 Å². The Morgan fingerprint density at radius 1 is 1.25 bits per heavy atom. The average Bonchev–Trinajstić information content (AvgIpc) is 2.49. The first kappa shape index (κ1) is 17.7. The van der Waals surface area contributed by atoms with Crippen LogP contribution in [-0.2, 0) is 28.9 Å². The Labute approximate surface area is 135 Å². The summed E-state index contributed by atoms with van der Waals surface area (Å²) in [7, 11) is 1.53. The molecule has 5 nitrogen and oxygen atoms in total. The molecule has 0 unspecified atom stereocenters. The number of nitrogens with zero attached hydrogens (tertiary/aromatic N) is 1. The van der Waals surface area contributed by atoms with E-state index in [1.165, 1.54) is 7.11 Å². The van der Waals surface area contributed by atoms with Gasteiger partial charge in [-0.3, -0.25) is 9.59 Å². The number of methoxy groups -OCH3 is 1. The maximum atomic E-state index is 12.7. The highest BCUT2D eigenvalue weighted by Gasteiger charge is 2.31. The van der Waals surface area contributed by atoms with Crippen LogP contribution in [0.1, 0.15) is 11.1 Å². The predicted octanol–water partition coefficient (Wildman–Crippen LogP) is 2.65. The number of ether oxygens (including phenoxy) is 1. The summed E-state index contributed by atoms with van der Waals surface area (Å²) in [5.41, 5.74) is -0.385. The molecule has 0 saturated heterocycles. The van der Waals surface area contributed by atoms with Crippen LogP contribution in [-0.4, -0.2) is 17.6 Å². The van der Waals surface area contributed by atoms with Crippen molar-refractivity contribution in [3.63, 3.8) is 0 Å². The first-order valence-corrected chi connectivity index (χ1v) is 6.95. The molecule has 1 aromatic heterocycles. The fourth-order valence-electron chi connectivity index (χ4n) is 2.08. The van der Waals surface area contributed by atoms with Gasteiger partial charge in [0.15, 0.2) is 0 Å². The van der Waals surface area contributed by atoms with Crippen molar-refractivity contribution in [3.05, 3.63) is 64.1 Å². The Hall–Kier alpha value is -2.61. The van der Waals surface area contributed by atoms with Crippen LogP contribution in [0.15, 0.2) is 47.4 Å². The van der Waals surface area contributed by atoms with Crippen LogP contribution in [0.4, 0.5) is 18.9 Å². The monoisotopic (exact) mass is 340 g/mol. The van der Waals surface area contributed by atoms with Gasteiger partial charge in [0.25, 0.3) is 5.56 Å². The van der Waals surface area contributed by atoms with Gasteiger partial charge in [-0.25, -0.2) is 0 Å². The predicted molar refractivity (Wildman–Crippen MR) is 81.5 cm³/mol. The Bertz CT molecular complexity index is 785. The molecule has 0 aliphatic carbocycles. The number of hydrogen-bond acceptors (Lipinski definition) is 3. The lowest BCUT2D eigenvalue weighted by molar-refractivity contribution is -0.138. The molecule has 128 valence electrons. The first-order chi connectivity index (χ1) is 11.3. The smallest absolute Gasteiger partial charge is 0.380 e. The second-order valence-electron chi connectivity index (χ2n) is 5.06. The number of carbonyl (C=O) groups is 1. The highest BCUT2D eigenvalue weighted by molar-refractivity contribution is 5.90. The molecule has 2 rings (SSSR count). The number of alkyl halides is 3. The fourth-order valence-corrected chi connectivity index (χ4v) is 2.08. The molecular weight excluding hydrogens is 325 g/mol. The Morgan fingerprint density at radius 2 is 2.00 bits per heavy atom. The highest BCUT2D eigenvalue weighted by Crippen LogP contribution is 2.28. The van der Waals surface area contributed by atoms with Crippen LogP contribution in [0, 0.1) is 0 Å². The van der Waals surface area contributed by atoms with Crippen molar-refractivity contribution in [1.82, 2.24) is 4.57 Å². The molecule has 2 aromatic rings. The minimum absolute atomic E-state index is 0.358. The summed E-state index contributed by atoms with van der Waals surface area (Å²) in [4.78, 5) is 23.6. The summed E-state index contributed by atoms with van der Waals surface area (Å²) < 4.78 is 43.7. The number of hydrogen-bond donors (Lipinski definition) is 1. The van der Waals surface area contributed by atoms with E-state index in [1.807, 2.05) is 0 Å². The van der Waals surface area contributed by atoms with Gasteiger partial charge in [-0.05, 0) is 23.8 Å². The summed E-state index contributed by atoms with van der Waals surface area (Å²) in [6.45, 7) is -0.159. The van der Waals surface area contributed by atoms with E-state index < -0.39 is 29.8 Å². The van der Waals surface area contributed by atoms with E-state index in [1.54, 1.807) is 24.3 Å². The number of carbonyl (C=O) groups excluding carboxylic acids is 1. The molecule has 0 saturated carbocycles. The van der Waals surface area contributed by atoms with Crippen molar-refractivity contribution in [2.24, 2.45) is 0 Å². The molecule has 0 aliphatic rings. The summed E-state index contributed by atoms with van der Waals surface area (Å²) in [5.74, 6) is -0.606. The molecule has 1 heterocycles. The van der Waals surface area contributed by atoms with Crippen LogP contribution >= 0.6 is 0 Å². The van der Waals surface area contributed by atoms with E-state index in [9.17, 15) is 22.8 Å². The van der Waals surface area contributed by atoms with Gasteiger partial charge in [-0.2, -0.15) is 13.2 Å². The van der Waals surface area contributed by atoms with E-state index in [4.69, 9.17) is 4.74 Å². The van der Waals surface area contributed by atoms with Crippen molar-refractivity contribution in [2.45, 2.75) is 19.3 Å². The first-order valence-electron chi connectivity index (χ1n) is 6.95. The van der Waals surface area contributed by atoms with Crippen LogP contribution < -0.4 is 10.9 Å². The Kier molecular flexibility index (Phi) is 5.40. The van der Waals surface area contributed by atoms with Crippen molar-refractivity contribution in [1.29, 1.82) is 0 Å². The minimum Gasteiger partial charge on any atom is -0.380 e. The van der Waals surface area contributed by atoms with Gasteiger partial charge in [0.2, 0.25) is 5.91 Å². The van der Waals surface area contributed by atoms with E-state index in [0.717, 1.165) is 16.2 Å². The zero-order chi connectivity index (χ0) is 17.7. The molecule has 1 N–H and O–H groups in total. The maximum absolute atomic E-state index is 12.7. The topological polar surface area (TPSA) is 60.3 Å². The van der Waals surface area contributed by atoms with Crippen molar-refractivity contribution < 1.29 is 22.7 Å². The van der Waals surface area contributed by atoms with Gasteiger partial charge in [0, 0.05) is 25.1 Å². The third-order valence-corrected chi connectivity index (χ3v) is 3.15. The number of aromatic nitrogens is 1. The van der Waals surface area contributed by atoms with Crippen LogP contribution in [0.5, 0.6) is 0 Å². The summed E-state index contributed by atoms with van der Waals surface area (Å²) in [6, 6.07) is 8.29. The highest BCUT2D eigenvalue weighted by atomic mass is 19.4. The van der Waals surface area contributed by atoms with E-state index in [0.29, 0.717) is 24.6 Å². The van der Waals surface area contributed by atoms with Crippen LogP contribution in [0.25, 0.3) is 0 Å². The number of amides is 1. The zero-order valence-electron chi connectivity index (χ0n) is 12.8. The van der Waals surface area contributed by atoms with Crippen molar-refractivity contribution in [3.8, 4) is 0 Å². The number of pyridine rings is 1. The van der Waals surface area contributed by atoms with Crippen LogP contribution in [0.2, 0.25) is 0 Å². The third kappa shape index (κ3) is 4.69. The van der Waals surface area contributed by atoms with Gasteiger partial charge in [-0.15, -0.1) is 0 Å². The lowest BCUT2D eigenvalue weighted by Gasteiger charge is -2.11. The molecule has 0 aliphatic heterocycles. The van der Waals surface area contributed by atoms with Crippen LogP contribution in [0.3, 0.4) is 0 Å². The molecule has 0 spiro atoms. The molecule has 0 bridgehead atoms.